The van der Waals surface area contributed by atoms with Gasteiger partial charge in [-0.15, -0.1) is 0 Å². The van der Waals surface area contributed by atoms with Crippen molar-refractivity contribution in [2.45, 2.75) is 32.1 Å². The highest BCUT2D eigenvalue weighted by Crippen LogP contribution is 2.32. The number of carbonyl (C=O) groups is 2. The Kier molecular flexibility index (Phi) is 4.45. The van der Waals surface area contributed by atoms with Gasteiger partial charge in [-0.2, -0.15) is 0 Å². The number of carboxylic acid groups (broad SMARTS) is 1. The highest BCUT2D eigenvalue weighted by atomic mass is 19.2. The van der Waals surface area contributed by atoms with Crippen molar-refractivity contribution in [1.82, 2.24) is 5.32 Å². The number of carbonyl (C=O) groups excluding carboxylic acids is 1. The summed E-state index contributed by atoms with van der Waals surface area (Å²) >= 11 is 0. The summed E-state index contributed by atoms with van der Waals surface area (Å²) in [6.45, 7) is 1.86. The summed E-state index contributed by atoms with van der Waals surface area (Å²) in [7, 11) is 0.0216. The van der Waals surface area contributed by atoms with Crippen LogP contribution in [0.15, 0.2) is 6.07 Å². The van der Waals surface area contributed by atoms with Crippen LogP contribution in [0.25, 0.3) is 0 Å². The monoisotopic (exact) mass is 297 g/mol. The maximum Gasteiger partial charge on any atom is 0.363 e. The molecule has 0 bridgehead atoms. The van der Waals surface area contributed by atoms with E-state index in [9.17, 15) is 18.4 Å². The Balaban J connectivity index is 2.26. The Morgan fingerprint density at radius 1 is 1.52 bits per heavy atom. The minimum Gasteiger partial charge on any atom is -0.561 e. The Bertz CT molecular complexity index is 594. The molecule has 1 amide bonds. The van der Waals surface area contributed by atoms with Crippen molar-refractivity contribution in [1.29, 1.82) is 0 Å². The molecule has 0 saturated carbocycles. The molecule has 2 N–H and O–H groups in total. The van der Waals surface area contributed by atoms with Crippen LogP contribution < -0.4 is 9.97 Å². The van der Waals surface area contributed by atoms with E-state index < -0.39 is 23.2 Å². The van der Waals surface area contributed by atoms with Gasteiger partial charge in [0, 0.05) is 12.4 Å². The molecule has 1 aromatic rings. The lowest BCUT2D eigenvalue weighted by Crippen LogP contribution is -2.45. The minimum atomic E-state index is -1.59. The van der Waals surface area contributed by atoms with E-state index in [-0.39, 0.29) is 37.1 Å². The number of fused-ring (bicyclic) bond motifs is 1. The third-order valence-electron chi connectivity index (χ3n) is 3.20. The molecule has 1 aromatic carbocycles. The first-order valence-electron chi connectivity index (χ1n) is 6.60. The maximum absolute atomic E-state index is 13.5. The molecule has 1 aliphatic heterocycles. The second-order valence-corrected chi connectivity index (χ2v) is 4.87. The Morgan fingerprint density at radius 2 is 2.24 bits per heavy atom. The largest absolute Gasteiger partial charge is 0.561 e. The Hall–Kier alpha value is -2.12. The predicted molar refractivity (Wildman–Crippen MR) is 71.6 cm³/mol. The van der Waals surface area contributed by atoms with Gasteiger partial charge in [0.2, 0.25) is 5.91 Å². The summed E-state index contributed by atoms with van der Waals surface area (Å²) in [5.41, 5.74) is -0.567. The van der Waals surface area contributed by atoms with Gasteiger partial charge in [-0.3, -0.25) is 4.79 Å². The van der Waals surface area contributed by atoms with Crippen LogP contribution in [0, 0.1) is 11.6 Å². The van der Waals surface area contributed by atoms with Crippen molar-refractivity contribution in [3.05, 3.63) is 28.8 Å². The molecule has 0 spiro atoms. The van der Waals surface area contributed by atoms with Crippen molar-refractivity contribution in [3.63, 3.8) is 0 Å². The number of aromatic carboxylic acids is 1. The standard InChI is InChI=1S/C13H14BF2NO4/c1-2-3-9(18)17-8-5-6-4-7(15)11(16)10(13(19)20)12(6)21-14-8/h4,8,14H,2-3,5H2,1H3,(H,17,18)(H,19,20). The van der Waals surface area contributed by atoms with Crippen LogP contribution in [0.4, 0.5) is 8.78 Å². The number of nitrogens with one attached hydrogen (secondary N) is 1. The molecular weight excluding hydrogens is 283 g/mol. The quantitative estimate of drug-likeness (QED) is 0.819. The first-order chi connectivity index (χ1) is 9.93. The Morgan fingerprint density at radius 3 is 2.86 bits per heavy atom. The summed E-state index contributed by atoms with van der Waals surface area (Å²) in [6.07, 6.45) is 1.25. The molecule has 1 heterocycles. The summed E-state index contributed by atoms with van der Waals surface area (Å²) in [4.78, 5) is 22.6. The number of amides is 1. The second-order valence-electron chi connectivity index (χ2n) is 4.87. The molecule has 0 radical (unpaired) electrons. The zero-order chi connectivity index (χ0) is 15.6. The number of benzene rings is 1. The van der Waals surface area contributed by atoms with Gasteiger partial charge in [0.25, 0.3) is 0 Å². The fourth-order valence-electron chi connectivity index (χ4n) is 2.30. The van der Waals surface area contributed by atoms with Gasteiger partial charge >= 0.3 is 13.5 Å². The topological polar surface area (TPSA) is 75.6 Å². The lowest BCUT2D eigenvalue weighted by molar-refractivity contribution is -0.121. The summed E-state index contributed by atoms with van der Waals surface area (Å²) in [5, 5.41) is 11.7. The van der Waals surface area contributed by atoms with E-state index in [0.29, 0.717) is 12.8 Å². The predicted octanol–water partition coefficient (Wildman–Crippen LogP) is 1.19. The molecule has 0 aliphatic carbocycles. The lowest BCUT2D eigenvalue weighted by atomic mass is 9.78. The molecule has 1 atom stereocenters. The first kappa shape index (κ1) is 15.3. The fraction of sp³-hybridized carbons (Fsp3) is 0.385. The van der Waals surface area contributed by atoms with Gasteiger partial charge in [-0.1, -0.05) is 6.92 Å². The van der Waals surface area contributed by atoms with Crippen LogP contribution in [-0.2, 0) is 11.2 Å². The van der Waals surface area contributed by atoms with Crippen LogP contribution in [0.5, 0.6) is 5.75 Å². The van der Waals surface area contributed by atoms with Crippen molar-refractivity contribution in [2.75, 3.05) is 0 Å². The molecule has 8 heteroatoms. The number of carboxylic acids is 1. The van der Waals surface area contributed by atoms with Crippen LogP contribution >= 0.6 is 0 Å². The van der Waals surface area contributed by atoms with E-state index in [0.717, 1.165) is 6.07 Å². The molecule has 112 valence electrons. The van der Waals surface area contributed by atoms with Crippen molar-refractivity contribution < 1.29 is 28.1 Å². The molecule has 1 unspecified atom stereocenters. The van der Waals surface area contributed by atoms with E-state index in [1.807, 2.05) is 6.92 Å². The third-order valence-corrected chi connectivity index (χ3v) is 3.20. The van der Waals surface area contributed by atoms with Crippen LogP contribution in [0.1, 0.15) is 35.7 Å². The SMILES string of the molecule is CCCC(=O)NC1BOc2c(cc(F)c(F)c2C(=O)O)C1. The summed E-state index contributed by atoms with van der Waals surface area (Å²) < 4.78 is 32.2. The van der Waals surface area contributed by atoms with E-state index in [4.69, 9.17) is 9.76 Å². The van der Waals surface area contributed by atoms with Crippen LogP contribution in [0.3, 0.4) is 0 Å². The van der Waals surface area contributed by atoms with Crippen molar-refractivity contribution in [3.8, 4) is 5.75 Å². The zero-order valence-corrected chi connectivity index (χ0v) is 11.4. The molecular formula is C13H14BF2NO4. The lowest BCUT2D eigenvalue weighted by Gasteiger charge is -2.26. The number of hydrogen-bond acceptors (Lipinski definition) is 3. The molecule has 21 heavy (non-hydrogen) atoms. The highest BCUT2D eigenvalue weighted by molar-refractivity contribution is 6.32. The average molecular weight is 297 g/mol. The van der Waals surface area contributed by atoms with Gasteiger partial charge in [-0.25, -0.2) is 13.6 Å². The number of halogens is 2. The van der Waals surface area contributed by atoms with Crippen LogP contribution in [-0.4, -0.2) is 30.4 Å². The average Bonchev–Trinajstić information content (AvgIpc) is 2.40. The van der Waals surface area contributed by atoms with Gasteiger partial charge < -0.3 is 15.1 Å². The van der Waals surface area contributed by atoms with Gasteiger partial charge in [-0.05, 0) is 24.5 Å². The van der Waals surface area contributed by atoms with Gasteiger partial charge in [0.05, 0.1) is 0 Å². The van der Waals surface area contributed by atoms with Gasteiger partial charge in [0.1, 0.15) is 11.3 Å². The van der Waals surface area contributed by atoms with E-state index >= 15 is 0 Å². The second kappa shape index (κ2) is 6.11. The Labute approximate surface area is 120 Å². The number of rotatable bonds is 4. The van der Waals surface area contributed by atoms with Gasteiger partial charge in [0.15, 0.2) is 11.6 Å². The third kappa shape index (κ3) is 3.14. The molecule has 2 rings (SSSR count). The summed E-state index contributed by atoms with van der Waals surface area (Å²) in [5.74, 6) is -4.97. The van der Waals surface area contributed by atoms with Crippen molar-refractivity contribution in [2.24, 2.45) is 0 Å². The number of hydrogen-bond donors (Lipinski definition) is 2. The molecule has 0 fully saturated rings. The molecule has 1 aliphatic rings. The smallest absolute Gasteiger partial charge is 0.363 e. The normalized spacial score (nSPS) is 16.4. The van der Waals surface area contributed by atoms with E-state index in [1.165, 1.54) is 0 Å². The minimum absolute atomic E-state index is 0.0216. The van der Waals surface area contributed by atoms with E-state index in [1.54, 1.807) is 0 Å². The van der Waals surface area contributed by atoms with E-state index in [2.05, 4.69) is 5.32 Å². The zero-order valence-electron chi connectivity index (χ0n) is 11.4. The maximum atomic E-state index is 13.5. The molecule has 0 aromatic heterocycles. The molecule has 5 nitrogen and oxygen atoms in total. The van der Waals surface area contributed by atoms with Crippen LogP contribution in [0.2, 0.25) is 0 Å². The highest BCUT2D eigenvalue weighted by Gasteiger charge is 2.31. The molecule has 0 saturated heterocycles. The first-order valence-corrected chi connectivity index (χ1v) is 6.60. The summed E-state index contributed by atoms with van der Waals surface area (Å²) in [6, 6.07) is 0.912. The fourth-order valence-corrected chi connectivity index (χ4v) is 2.30. The van der Waals surface area contributed by atoms with Crippen molar-refractivity contribution >= 4 is 19.4 Å².